The smallest absolute Gasteiger partial charge is 0.265 e. The Morgan fingerprint density at radius 1 is 1.23 bits per heavy atom. The molecule has 1 atom stereocenters. The van der Waals surface area contributed by atoms with Crippen LogP contribution in [0.5, 0.6) is 5.75 Å². The third-order valence-electron chi connectivity index (χ3n) is 5.96. The van der Waals surface area contributed by atoms with E-state index in [1.54, 1.807) is 23.0 Å². The van der Waals surface area contributed by atoms with Crippen LogP contribution in [-0.2, 0) is 0 Å². The number of benzene rings is 2. The van der Waals surface area contributed by atoms with Crippen molar-refractivity contribution in [1.82, 2.24) is 14.9 Å². The highest BCUT2D eigenvalue weighted by Crippen LogP contribution is 2.45. The van der Waals surface area contributed by atoms with Crippen LogP contribution < -0.4 is 21.3 Å². The lowest BCUT2D eigenvalue weighted by molar-refractivity contribution is 0.0999. The molecule has 3 N–H and O–H groups in total. The summed E-state index contributed by atoms with van der Waals surface area (Å²) in [5, 5.41) is 3.77. The maximum Gasteiger partial charge on any atom is 0.265 e. The van der Waals surface area contributed by atoms with Gasteiger partial charge in [-0.1, -0.05) is 6.07 Å². The predicted octanol–water partition coefficient (Wildman–Crippen LogP) is 2.41. The summed E-state index contributed by atoms with van der Waals surface area (Å²) in [6.45, 7) is 3.68. The van der Waals surface area contributed by atoms with E-state index in [-0.39, 0.29) is 17.6 Å². The number of nitrogens with zero attached hydrogens (tertiary/aromatic N) is 2. The predicted molar refractivity (Wildman–Crippen MR) is 114 cm³/mol. The number of fused-ring (bicyclic) bond motifs is 1. The van der Waals surface area contributed by atoms with Gasteiger partial charge in [0, 0.05) is 12.1 Å². The molecule has 1 unspecified atom stereocenters. The van der Waals surface area contributed by atoms with Crippen LogP contribution in [0.4, 0.5) is 0 Å². The first-order valence-electron chi connectivity index (χ1n) is 10.4. The molecule has 2 fully saturated rings. The first kappa shape index (κ1) is 18.8. The first-order chi connectivity index (χ1) is 14.5. The van der Waals surface area contributed by atoms with Crippen molar-refractivity contribution in [2.45, 2.75) is 38.2 Å². The average molecular weight is 404 g/mol. The van der Waals surface area contributed by atoms with Gasteiger partial charge in [0.25, 0.3) is 5.56 Å². The van der Waals surface area contributed by atoms with Gasteiger partial charge in [-0.25, -0.2) is 4.98 Å². The van der Waals surface area contributed by atoms with E-state index in [2.05, 4.69) is 10.3 Å². The topological polar surface area (TPSA) is 99.2 Å². The van der Waals surface area contributed by atoms with Crippen molar-refractivity contribution in [2.75, 3.05) is 13.1 Å². The molecule has 0 bridgehead atoms. The number of hydrogen-bond donors (Lipinski definition) is 2. The Kier molecular flexibility index (Phi) is 4.55. The van der Waals surface area contributed by atoms with Gasteiger partial charge >= 0.3 is 0 Å². The van der Waals surface area contributed by atoms with Crippen molar-refractivity contribution < 1.29 is 9.53 Å². The molecule has 1 saturated carbocycles. The number of hydrogen-bond acceptors (Lipinski definition) is 5. The average Bonchev–Trinajstić information content (AvgIpc) is 3.45. The van der Waals surface area contributed by atoms with E-state index in [1.807, 2.05) is 25.1 Å². The zero-order chi connectivity index (χ0) is 20.8. The fraction of sp³-hybridized carbons (Fsp3) is 0.348. The third-order valence-corrected chi connectivity index (χ3v) is 5.96. The molecule has 1 saturated heterocycles. The van der Waals surface area contributed by atoms with Gasteiger partial charge in [-0.05, 0) is 74.0 Å². The van der Waals surface area contributed by atoms with Gasteiger partial charge in [0.05, 0.1) is 16.6 Å². The number of rotatable bonds is 5. The lowest BCUT2D eigenvalue weighted by Crippen LogP contribution is -2.23. The second-order valence-corrected chi connectivity index (χ2v) is 8.16. The highest BCUT2D eigenvalue weighted by molar-refractivity contribution is 5.96. The molecule has 1 aromatic heterocycles. The van der Waals surface area contributed by atoms with Gasteiger partial charge in [-0.2, -0.15) is 0 Å². The van der Waals surface area contributed by atoms with Crippen LogP contribution in [0.2, 0.25) is 0 Å². The highest BCUT2D eigenvalue weighted by atomic mass is 16.5. The number of amides is 1. The molecule has 3 aromatic rings. The standard InChI is InChI=1S/C23H24N4O3/c1-13-2-6-17(22(24)28)20(14-3-4-14)21(13)27-12-26-19-7-5-15(10-18(19)23(27)29)30-16-8-9-25-11-16/h2,5-7,10,12,14,16,25H,3-4,8-9,11H2,1H3,(H2,24,28). The van der Waals surface area contributed by atoms with Gasteiger partial charge in [0.1, 0.15) is 18.2 Å². The Morgan fingerprint density at radius 3 is 2.77 bits per heavy atom. The van der Waals surface area contributed by atoms with E-state index < -0.39 is 5.91 Å². The van der Waals surface area contributed by atoms with E-state index in [0.29, 0.717) is 22.2 Å². The van der Waals surface area contributed by atoms with Crippen LogP contribution >= 0.6 is 0 Å². The molecule has 154 valence electrons. The van der Waals surface area contributed by atoms with E-state index in [1.165, 1.54) is 0 Å². The second kappa shape index (κ2) is 7.25. The number of nitrogens with two attached hydrogens (primary N) is 1. The molecule has 2 heterocycles. The molecular weight excluding hydrogens is 380 g/mol. The molecule has 1 amide bonds. The Hall–Kier alpha value is -3.19. The minimum Gasteiger partial charge on any atom is -0.489 e. The number of aryl methyl sites for hydroxylation is 1. The van der Waals surface area contributed by atoms with Crippen molar-refractivity contribution in [3.05, 3.63) is 63.7 Å². The Morgan fingerprint density at radius 2 is 2.07 bits per heavy atom. The second-order valence-electron chi connectivity index (χ2n) is 8.16. The molecule has 7 heteroatoms. The Bertz CT molecular complexity index is 1210. The highest BCUT2D eigenvalue weighted by Gasteiger charge is 2.32. The molecule has 2 aliphatic rings. The summed E-state index contributed by atoms with van der Waals surface area (Å²) in [7, 11) is 0. The van der Waals surface area contributed by atoms with E-state index >= 15 is 0 Å². The van der Waals surface area contributed by atoms with Gasteiger partial charge in [-0.3, -0.25) is 14.2 Å². The van der Waals surface area contributed by atoms with Gasteiger partial charge in [-0.15, -0.1) is 0 Å². The SMILES string of the molecule is Cc1ccc(C(N)=O)c(C2CC2)c1-n1cnc2ccc(OC3CCNC3)cc2c1=O. The Labute approximate surface area is 173 Å². The van der Waals surface area contributed by atoms with Crippen molar-refractivity contribution in [1.29, 1.82) is 0 Å². The largest absolute Gasteiger partial charge is 0.489 e. The molecule has 1 aliphatic heterocycles. The number of ether oxygens (including phenoxy) is 1. The summed E-state index contributed by atoms with van der Waals surface area (Å²) in [5.41, 5.74) is 9.05. The van der Waals surface area contributed by atoms with E-state index in [4.69, 9.17) is 10.5 Å². The number of aromatic nitrogens is 2. The number of primary amides is 1. The number of nitrogens with one attached hydrogen (secondary N) is 1. The minimum atomic E-state index is -0.471. The summed E-state index contributed by atoms with van der Waals surface area (Å²) < 4.78 is 7.58. The van der Waals surface area contributed by atoms with Crippen LogP contribution in [0.3, 0.4) is 0 Å². The van der Waals surface area contributed by atoms with Crippen LogP contribution in [0.25, 0.3) is 16.6 Å². The molecule has 7 nitrogen and oxygen atoms in total. The molecule has 1 aliphatic carbocycles. The summed E-state index contributed by atoms with van der Waals surface area (Å²) in [6, 6.07) is 9.03. The maximum absolute atomic E-state index is 13.5. The van der Waals surface area contributed by atoms with Crippen LogP contribution in [0.15, 0.2) is 41.5 Å². The first-order valence-corrected chi connectivity index (χ1v) is 10.4. The van der Waals surface area contributed by atoms with Crippen LogP contribution in [0.1, 0.15) is 46.7 Å². The Balaban J connectivity index is 1.66. The molecular formula is C23H24N4O3. The molecule has 2 aromatic carbocycles. The lowest BCUT2D eigenvalue weighted by atomic mass is 9.96. The summed E-state index contributed by atoms with van der Waals surface area (Å²) in [4.78, 5) is 30.0. The van der Waals surface area contributed by atoms with E-state index in [9.17, 15) is 9.59 Å². The maximum atomic E-state index is 13.5. The zero-order valence-corrected chi connectivity index (χ0v) is 16.9. The number of carbonyl (C=O) groups is 1. The van der Waals surface area contributed by atoms with Crippen molar-refractivity contribution in [2.24, 2.45) is 5.73 Å². The zero-order valence-electron chi connectivity index (χ0n) is 16.9. The fourth-order valence-corrected chi connectivity index (χ4v) is 4.29. The van der Waals surface area contributed by atoms with Crippen LogP contribution in [0, 0.1) is 6.92 Å². The van der Waals surface area contributed by atoms with Gasteiger partial charge in [0.15, 0.2) is 0 Å². The third kappa shape index (κ3) is 3.25. The fourth-order valence-electron chi connectivity index (χ4n) is 4.29. The molecule has 0 spiro atoms. The van der Waals surface area contributed by atoms with Crippen molar-refractivity contribution in [3.63, 3.8) is 0 Å². The number of carbonyl (C=O) groups excluding carboxylic acids is 1. The van der Waals surface area contributed by atoms with E-state index in [0.717, 1.165) is 49.2 Å². The summed E-state index contributed by atoms with van der Waals surface area (Å²) in [5.74, 6) is 0.438. The summed E-state index contributed by atoms with van der Waals surface area (Å²) in [6.07, 6.45) is 4.57. The lowest BCUT2D eigenvalue weighted by Gasteiger charge is -2.18. The van der Waals surface area contributed by atoms with Crippen molar-refractivity contribution >= 4 is 16.8 Å². The van der Waals surface area contributed by atoms with Gasteiger partial charge < -0.3 is 15.8 Å². The minimum absolute atomic E-state index is 0.109. The van der Waals surface area contributed by atoms with Gasteiger partial charge in [0.2, 0.25) is 5.91 Å². The monoisotopic (exact) mass is 404 g/mol. The van der Waals surface area contributed by atoms with Crippen LogP contribution in [-0.4, -0.2) is 34.7 Å². The van der Waals surface area contributed by atoms with Crippen molar-refractivity contribution in [3.8, 4) is 11.4 Å². The molecule has 0 radical (unpaired) electrons. The normalized spacial score (nSPS) is 18.6. The molecule has 30 heavy (non-hydrogen) atoms. The quantitative estimate of drug-likeness (QED) is 0.680. The molecule has 5 rings (SSSR count). The summed E-state index contributed by atoms with van der Waals surface area (Å²) >= 11 is 0.